The Kier molecular flexibility index (Phi) is 3.90. The normalized spacial score (nSPS) is 35.0. The molecule has 1 heterocycles. The van der Waals surface area contributed by atoms with E-state index in [-0.39, 0.29) is 11.2 Å². The molecular weight excluding hydrogens is 274 g/mol. The van der Waals surface area contributed by atoms with Gasteiger partial charge in [-0.15, -0.1) is 0 Å². The predicted octanol–water partition coefficient (Wildman–Crippen LogP) is 3.57. The van der Waals surface area contributed by atoms with Crippen LogP contribution >= 0.6 is 0 Å². The van der Waals surface area contributed by atoms with Crippen LogP contribution in [0.15, 0.2) is 24.3 Å². The summed E-state index contributed by atoms with van der Waals surface area (Å²) in [5.74, 6) is 0.811. The van der Waals surface area contributed by atoms with Gasteiger partial charge in [0.05, 0.1) is 6.61 Å². The summed E-state index contributed by atoms with van der Waals surface area (Å²) in [7, 11) is 0. The largest absolute Gasteiger partial charge is 0.359 e. The molecule has 0 bridgehead atoms. The van der Waals surface area contributed by atoms with Gasteiger partial charge in [-0.2, -0.15) is 0 Å². The number of nitrogens with one attached hydrogen (secondary N) is 1. The van der Waals surface area contributed by atoms with Crippen molar-refractivity contribution in [2.24, 2.45) is 11.3 Å². The topological polar surface area (TPSA) is 38.3 Å². The standard InChI is InChI=1S/C19H27NO2/c1-13(2)16-11-22-19(4,20-16)12-18(3)10-9-14-7-5-6-8-15(14)17(18)21/h5-8,13,16,20H,9-12H2,1-4H3/t16-,18-,19?/m1/s1. The molecule has 3 nitrogen and oxygen atoms in total. The Bertz CT molecular complexity index is 583. The number of ketones is 1. The summed E-state index contributed by atoms with van der Waals surface area (Å²) in [4.78, 5) is 13.0. The number of Topliss-reactive ketones (excluding diaryl/α,β-unsaturated/α-hetero) is 1. The second kappa shape index (κ2) is 5.47. The van der Waals surface area contributed by atoms with Crippen molar-refractivity contribution in [1.82, 2.24) is 5.32 Å². The van der Waals surface area contributed by atoms with E-state index in [0.717, 1.165) is 31.4 Å². The van der Waals surface area contributed by atoms with Crippen molar-refractivity contribution < 1.29 is 9.53 Å². The molecule has 22 heavy (non-hydrogen) atoms. The highest BCUT2D eigenvalue weighted by Crippen LogP contribution is 2.42. The third-order valence-electron chi connectivity index (χ3n) is 5.36. The van der Waals surface area contributed by atoms with Crippen LogP contribution in [0.3, 0.4) is 0 Å². The van der Waals surface area contributed by atoms with Gasteiger partial charge in [0.2, 0.25) is 0 Å². The molecule has 0 saturated carbocycles. The molecule has 1 unspecified atom stereocenters. The average Bonchev–Trinajstić information content (AvgIpc) is 2.86. The van der Waals surface area contributed by atoms with Crippen LogP contribution in [-0.2, 0) is 11.2 Å². The van der Waals surface area contributed by atoms with Crippen molar-refractivity contribution in [2.45, 2.75) is 58.7 Å². The first-order valence-corrected chi connectivity index (χ1v) is 8.37. The van der Waals surface area contributed by atoms with Gasteiger partial charge < -0.3 is 4.74 Å². The highest BCUT2D eigenvalue weighted by molar-refractivity contribution is 6.02. The molecule has 3 rings (SSSR count). The zero-order valence-electron chi connectivity index (χ0n) is 14.1. The van der Waals surface area contributed by atoms with Gasteiger partial charge in [-0.3, -0.25) is 10.1 Å². The van der Waals surface area contributed by atoms with E-state index in [2.05, 4.69) is 39.1 Å². The maximum Gasteiger partial charge on any atom is 0.169 e. The van der Waals surface area contributed by atoms with E-state index in [0.29, 0.717) is 12.0 Å². The van der Waals surface area contributed by atoms with Crippen molar-refractivity contribution in [2.75, 3.05) is 6.61 Å². The molecule has 0 radical (unpaired) electrons. The zero-order chi connectivity index (χ0) is 16.0. The van der Waals surface area contributed by atoms with Crippen molar-refractivity contribution in [1.29, 1.82) is 0 Å². The van der Waals surface area contributed by atoms with Gasteiger partial charge in [-0.1, -0.05) is 45.0 Å². The first-order chi connectivity index (χ1) is 10.3. The average molecular weight is 301 g/mol. The SMILES string of the molecule is CC(C)[C@H]1COC(C)(C[C@@]2(C)CCc3ccccc3C2=O)N1. The first-order valence-electron chi connectivity index (χ1n) is 8.37. The third-order valence-corrected chi connectivity index (χ3v) is 5.36. The van der Waals surface area contributed by atoms with Crippen molar-refractivity contribution in [3.8, 4) is 0 Å². The van der Waals surface area contributed by atoms with Crippen LogP contribution in [0.1, 0.15) is 56.5 Å². The van der Waals surface area contributed by atoms with Gasteiger partial charge in [0.1, 0.15) is 5.72 Å². The smallest absolute Gasteiger partial charge is 0.169 e. The van der Waals surface area contributed by atoms with Crippen LogP contribution in [-0.4, -0.2) is 24.2 Å². The Morgan fingerprint density at radius 1 is 1.32 bits per heavy atom. The van der Waals surface area contributed by atoms with E-state index >= 15 is 0 Å². The van der Waals surface area contributed by atoms with Gasteiger partial charge in [-0.05, 0) is 31.2 Å². The summed E-state index contributed by atoms with van der Waals surface area (Å²) in [5, 5.41) is 3.61. The second-order valence-electron chi connectivity index (χ2n) is 7.76. The Morgan fingerprint density at radius 2 is 2.05 bits per heavy atom. The van der Waals surface area contributed by atoms with Crippen LogP contribution in [0.2, 0.25) is 0 Å². The maximum atomic E-state index is 13.0. The van der Waals surface area contributed by atoms with E-state index in [1.165, 1.54) is 5.56 Å². The van der Waals surface area contributed by atoms with E-state index in [9.17, 15) is 4.79 Å². The molecule has 1 aliphatic carbocycles. The summed E-state index contributed by atoms with van der Waals surface area (Å²) in [6, 6.07) is 8.40. The number of benzene rings is 1. The molecule has 120 valence electrons. The number of ether oxygens (including phenoxy) is 1. The Morgan fingerprint density at radius 3 is 2.73 bits per heavy atom. The fraction of sp³-hybridized carbons (Fsp3) is 0.632. The Labute approximate surface area is 133 Å². The molecule has 1 aromatic carbocycles. The zero-order valence-corrected chi connectivity index (χ0v) is 14.1. The lowest BCUT2D eigenvalue weighted by molar-refractivity contribution is -0.0285. The van der Waals surface area contributed by atoms with Crippen molar-refractivity contribution in [3.63, 3.8) is 0 Å². The fourth-order valence-electron chi connectivity index (χ4n) is 3.93. The molecule has 3 atom stereocenters. The van der Waals surface area contributed by atoms with Gasteiger partial charge >= 0.3 is 0 Å². The third kappa shape index (κ3) is 2.72. The monoisotopic (exact) mass is 301 g/mol. The van der Waals surface area contributed by atoms with E-state index in [4.69, 9.17) is 4.74 Å². The summed E-state index contributed by atoms with van der Waals surface area (Å²) >= 11 is 0. The van der Waals surface area contributed by atoms with Crippen molar-refractivity contribution in [3.05, 3.63) is 35.4 Å². The molecule has 2 aliphatic rings. The predicted molar refractivity (Wildman–Crippen MR) is 87.9 cm³/mol. The highest BCUT2D eigenvalue weighted by Gasteiger charge is 2.47. The number of carbonyl (C=O) groups excluding carboxylic acids is 1. The lowest BCUT2D eigenvalue weighted by atomic mass is 9.68. The Balaban J connectivity index is 1.79. The highest BCUT2D eigenvalue weighted by atomic mass is 16.5. The molecule has 1 N–H and O–H groups in total. The molecule has 1 aromatic rings. The number of fused-ring (bicyclic) bond motifs is 1. The summed E-state index contributed by atoms with van der Waals surface area (Å²) in [6.45, 7) is 9.33. The minimum Gasteiger partial charge on any atom is -0.359 e. The molecule has 0 spiro atoms. The maximum absolute atomic E-state index is 13.0. The molecule has 1 saturated heterocycles. The van der Waals surface area contributed by atoms with E-state index in [1.54, 1.807) is 0 Å². The number of carbonyl (C=O) groups is 1. The van der Waals surface area contributed by atoms with E-state index < -0.39 is 5.72 Å². The minimum absolute atomic E-state index is 0.272. The van der Waals surface area contributed by atoms with E-state index in [1.807, 2.05) is 18.2 Å². The lowest BCUT2D eigenvalue weighted by Crippen LogP contribution is -2.49. The fourth-order valence-corrected chi connectivity index (χ4v) is 3.93. The number of hydrogen-bond donors (Lipinski definition) is 1. The van der Waals surface area contributed by atoms with Gasteiger partial charge in [0.15, 0.2) is 5.78 Å². The molecule has 1 fully saturated rings. The molecule has 0 amide bonds. The first kappa shape index (κ1) is 15.7. The van der Waals surface area contributed by atoms with Crippen LogP contribution in [0.25, 0.3) is 0 Å². The van der Waals surface area contributed by atoms with Gasteiger partial charge in [0, 0.05) is 23.4 Å². The quantitative estimate of drug-likeness (QED) is 0.927. The minimum atomic E-state index is -0.397. The van der Waals surface area contributed by atoms with Crippen LogP contribution in [0.4, 0.5) is 0 Å². The summed E-state index contributed by atoms with van der Waals surface area (Å²) in [6.07, 6.45) is 2.61. The second-order valence-corrected chi connectivity index (χ2v) is 7.76. The van der Waals surface area contributed by atoms with Gasteiger partial charge in [0.25, 0.3) is 0 Å². The molecular formula is C19H27NO2. The molecule has 0 aromatic heterocycles. The number of rotatable bonds is 3. The molecule has 1 aliphatic heterocycles. The number of hydrogen-bond acceptors (Lipinski definition) is 3. The molecule has 3 heteroatoms. The van der Waals surface area contributed by atoms with Gasteiger partial charge in [-0.25, -0.2) is 0 Å². The number of aryl methyl sites for hydroxylation is 1. The van der Waals surface area contributed by atoms with Crippen LogP contribution in [0.5, 0.6) is 0 Å². The summed E-state index contributed by atoms with van der Waals surface area (Å²) < 4.78 is 6.06. The lowest BCUT2D eigenvalue weighted by Gasteiger charge is -2.39. The Hall–Kier alpha value is -1.19. The summed E-state index contributed by atoms with van der Waals surface area (Å²) in [5.41, 5.74) is 1.35. The van der Waals surface area contributed by atoms with Crippen LogP contribution in [0, 0.1) is 11.3 Å². The van der Waals surface area contributed by atoms with Crippen LogP contribution < -0.4 is 5.32 Å². The van der Waals surface area contributed by atoms with Crippen molar-refractivity contribution >= 4 is 5.78 Å².